The lowest BCUT2D eigenvalue weighted by Crippen LogP contribution is -2.41. The molecule has 1 unspecified atom stereocenters. The Hall–Kier alpha value is -4.14. The largest absolute Gasteiger partial charge is 0.481 e. The summed E-state index contributed by atoms with van der Waals surface area (Å²) in [4.78, 5) is 37.5. The maximum atomic E-state index is 12.6. The van der Waals surface area contributed by atoms with Gasteiger partial charge in [0.1, 0.15) is 13.2 Å². The minimum absolute atomic E-state index is 0.0405. The normalized spacial score (nSPS) is 13.0. The molecule has 9 heteroatoms. The van der Waals surface area contributed by atoms with Crippen LogP contribution in [-0.2, 0) is 20.9 Å². The number of carboxylic acids is 1. The molecule has 1 atom stereocenters. The molecule has 4 rings (SSSR count). The lowest BCUT2D eigenvalue weighted by Gasteiger charge is -2.27. The number of anilines is 1. The monoisotopic (exact) mass is 476 g/mol. The number of nitrogens with zero attached hydrogens (tertiary/aromatic N) is 3. The number of carboxylic acid groups (broad SMARTS) is 1. The van der Waals surface area contributed by atoms with Crippen molar-refractivity contribution in [3.8, 4) is 11.1 Å². The first-order chi connectivity index (χ1) is 16.9. The van der Waals surface area contributed by atoms with E-state index in [1.165, 1.54) is 22.0 Å². The van der Waals surface area contributed by atoms with Gasteiger partial charge in [-0.05, 0) is 36.1 Å². The molecule has 1 aromatic heterocycles. The van der Waals surface area contributed by atoms with E-state index < -0.39 is 18.1 Å². The van der Waals surface area contributed by atoms with Gasteiger partial charge in [0.05, 0.1) is 18.3 Å². The molecule has 35 heavy (non-hydrogen) atoms. The third-order valence-corrected chi connectivity index (χ3v) is 6.18. The number of likely N-dealkylation sites (N-methyl/N-ethyl adjacent to an activating group) is 1. The minimum atomic E-state index is -0.961. The lowest BCUT2D eigenvalue weighted by atomic mass is 9.98. The first-order valence-electron chi connectivity index (χ1n) is 11.5. The number of aliphatic carboxylic acids is 1. The van der Waals surface area contributed by atoms with E-state index in [0.717, 1.165) is 22.3 Å². The predicted molar refractivity (Wildman–Crippen MR) is 130 cm³/mol. The van der Waals surface area contributed by atoms with Gasteiger partial charge in [0.15, 0.2) is 0 Å². The number of ether oxygens (including phenoxy) is 1. The van der Waals surface area contributed by atoms with E-state index in [2.05, 4.69) is 34.7 Å². The van der Waals surface area contributed by atoms with E-state index in [9.17, 15) is 14.4 Å². The number of benzene rings is 2. The average molecular weight is 477 g/mol. The molecule has 0 saturated heterocycles. The molecule has 2 aromatic carbocycles. The Bertz CT molecular complexity index is 1190. The van der Waals surface area contributed by atoms with E-state index in [1.807, 2.05) is 24.3 Å². The number of aromatic nitrogens is 2. The van der Waals surface area contributed by atoms with Crippen LogP contribution in [0.4, 0.5) is 10.5 Å². The van der Waals surface area contributed by atoms with Gasteiger partial charge < -0.3 is 14.7 Å². The number of amides is 2. The van der Waals surface area contributed by atoms with Gasteiger partial charge in [-0.3, -0.25) is 19.6 Å². The third kappa shape index (κ3) is 5.34. The van der Waals surface area contributed by atoms with Gasteiger partial charge in [0, 0.05) is 24.7 Å². The van der Waals surface area contributed by atoms with Crippen molar-refractivity contribution in [2.45, 2.75) is 38.8 Å². The summed E-state index contributed by atoms with van der Waals surface area (Å²) >= 11 is 0. The number of rotatable bonds is 9. The predicted octanol–water partition coefficient (Wildman–Crippen LogP) is 3.96. The van der Waals surface area contributed by atoms with E-state index in [0.29, 0.717) is 12.2 Å². The Kier molecular flexibility index (Phi) is 7.14. The van der Waals surface area contributed by atoms with Crippen LogP contribution in [0.2, 0.25) is 0 Å². The molecule has 1 aliphatic carbocycles. The molecule has 0 saturated carbocycles. The SMILES string of the molecule is CCN(C(=O)Cn1cc(NC(=O)OCC2c3ccccc3-c3ccccc32)cn1)C(C)CC(=O)O. The summed E-state index contributed by atoms with van der Waals surface area (Å²) in [7, 11) is 0. The fraction of sp³-hybridized carbons (Fsp3) is 0.308. The van der Waals surface area contributed by atoms with Gasteiger partial charge >= 0.3 is 12.1 Å². The van der Waals surface area contributed by atoms with Crippen molar-refractivity contribution in [1.82, 2.24) is 14.7 Å². The second kappa shape index (κ2) is 10.4. The summed E-state index contributed by atoms with van der Waals surface area (Å²) in [6.45, 7) is 4.01. The number of fused-ring (bicyclic) bond motifs is 3. The molecule has 0 fully saturated rings. The number of carbonyl (C=O) groups is 3. The van der Waals surface area contributed by atoms with E-state index >= 15 is 0 Å². The van der Waals surface area contributed by atoms with Gasteiger partial charge in [-0.1, -0.05) is 48.5 Å². The Labute approximate surface area is 203 Å². The Morgan fingerprint density at radius 1 is 1.11 bits per heavy atom. The lowest BCUT2D eigenvalue weighted by molar-refractivity contribution is -0.140. The molecule has 0 bridgehead atoms. The molecule has 9 nitrogen and oxygen atoms in total. The molecule has 0 spiro atoms. The van der Waals surface area contributed by atoms with E-state index in [1.54, 1.807) is 13.8 Å². The smallest absolute Gasteiger partial charge is 0.411 e. The summed E-state index contributed by atoms with van der Waals surface area (Å²) in [6, 6.07) is 15.8. The number of nitrogens with one attached hydrogen (secondary N) is 1. The zero-order chi connectivity index (χ0) is 24.9. The number of carbonyl (C=O) groups excluding carboxylic acids is 2. The van der Waals surface area contributed by atoms with Crippen LogP contribution in [-0.4, -0.2) is 57.0 Å². The molecule has 0 aliphatic heterocycles. The van der Waals surface area contributed by atoms with Crippen LogP contribution >= 0.6 is 0 Å². The maximum absolute atomic E-state index is 12.6. The van der Waals surface area contributed by atoms with Crippen LogP contribution in [0.1, 0.15) is 37.3 Å². The minimum Gasteiger partial charge on any atom is -0.481 e. The molecule has 1 heterocycles. The molecule has 2 amide bonds. The zero-order valence-electron chi connectivity index (χ0n) is 19.7. The average Bonchev–Trinajstić information content (AvgIpc) is 3.39. The van der Waals surface area contributed by atoms with Crippen molar-refractivity contribution in [1.29, 1.82) is 0 Å². The van der Waals surface area contributed by atoms with Gasteiger partial charge in [0.2, 0.25) is 5.91 Å². The number of hydrogen-bond acceptors (Lipinski definition) is 5. The van der Waals surface area contributed by atoms with Crippen LogP contribution in [0.3, 0.4) is 0 Å². The molecule has 2 N–H and O–H groups in total. The zero-order valence-corrected chi connectivity index (χ0v) is 19.7. The molecule has 182 valence electrons. The molecule has 1 aliphatic rings. The van der Waals surface area contributed by atoms with Crippen molar-refractivity contribution in [2.24, 2.45) is 0 Å². The van der Waals surface area contributed by atoms with Gasteiger partial charge in [-0.15, -0.1) is 0 Å². The third-order valence-electron chi connectivity index (χ3n) is 6.18. The maximum Gasteiger partial charge on any atom is 0.411 e. The highest BCUT2D eigenvalue weighted by atomic mass is 16.5. The second-order valence-corrected chi connectivity index (χ2v) is 8.50. The van der Waals surface area contributed by atoms with Crippen LogP contribution in [0.5, 0.6) is 0 Å². The van der Waals surface area contributed by atoms with Gasteiger partial charge in [-0.25, -0.2) is 4.79 Å². The quantitative estimate of drug-likeness (QED) is 0.483. The molecular formula is C26H28N4O5. The summed E-state index contributed by atoms with van der Waals surface area (Å²) in [6.07, 6.45) is 2.23. The second-order valence-electron chi connectivity index (χ2n) is 8.50. The first kappa shape index (κ1) is 24.0. The van der Waals surface area contributed by atoms with Crippen molar-refractivity contribution in [2.75, 3.05) is 18.5 Å². The topological polar surface area (TPSA) is 114 Å². The molecule has 3 aromatic rings. The van der Waals surface area contributed by atoms with E-state index in [4.69, 9.17) is 9.84 Å². The summed E-state index contributed by atoms with van der Waals surface area (Å²) in [5, 5.41) is 15.8. The fourth-order valence-electron chi connectivity index (χ4n) is 4.59. The van der Waals surface area contributed by atoms with Crippen molar-refractivity contribution in [3.63, 3.8) is 0 Å². The van der Waals surface area contributed by atoms with Crippen molar-refractivity contribution in [3.05, 3.63) is 72.1 Å². The van der Waals surface area contributed by atoms with Crippen LogP contribution in [0, 0.1) is 0 Å². The fourth-order valence-corrected chi connectivity index (χ4v) is 4.59. The Balaban J connectivity index is 1.34. The summed E-state index contributed by atoms with van der Waals surface area (Å²) < 4.78 is 6.94. The highest BCUT2D eigenvalue weighted by Crippen LogP contribution is 2.44. The summed E-state index contributed by atoms with van der Waals surface area (Å²) in [5.41, 5.74) is 4.97. The Morgan fingerprint density at radius 3 is 2.34 bits per heavy atom. The van der Waals surface area contributed by atoms with Gasteiger partial charge in [-0.2, -0.15) is 5.10 Å². The van der Waals surface area contributed by atoms with Gasteiger partial charge in [0.25, 0.3) is 0 Å². The first-order valence-corrected chi connectivity index (χ1v) is 11.5. The number of hydrogen-bond donors (Lipinski definition) is 2. The Morgan fingerprint density at radius 2 is 1.74 bits per heavy atom. The highest BCUT2D eigenvalue weighted by Gasteiger charge is 2.29. The van der Waals surface area contributed by atoms with Crippen molar-refractivity contribution < 1.29 is 24.2 Å². The van der Waals surface area contributed by atoms with Crippen LogP contribution in [0.15, 0.2) is 60.9 Å². The van der Waals surface area contributed by atoms with Crippen LogP contribution in [0.25, 0.3) is 11.1 Å². The standard InChI is InChI=1S/C26H28N4O5/c1-3-30(17(2)12-25(32)33)24(31)15-29-14-18(13-27-29)28-26(34)35-16-23-21-10-6-4-8-19(21)20-9-5-7-11-22(20)23/h4-11,13-14,17,23H,3,12,15-16H2,1-2H3,(H,28,34)(H,32,33). The summed E-state index contributed by atoms with van der Waals surface area (Å²) in [5.74, 6) is -1.25. The van der Waals surface area contributed by atoms with Crippen LogP contribution < -0.4 is 5.32 Å². The van der Waals surface area contributed by atoms with E-state index in [-0.39, 0.29) is 31.4 Å². The van der Waals surface area contributed by atoms with Crippen molar-refractivity contribution >= 4 is 23.7 Å². The highest BCUT2D eigenvalue weighted by molar-refractivity contribution is 5.85. The molecular weight excluding hydrogens is 448 g/mol. The molecule has 0 radical (unpaired) electrons.